The lowest BCUT2D eigenvalue weighted by Crippen LogP contribution is -2.51. The first kappa shape index (κ1) is 20.2. The summed E-state index contributed by atoms with van der Waals surface area (Å²) < 4.78 is 5.52. The van der Waals surface area contributed by atoms with Gasteiger partial charge in [-0.1, -0.05) is 24.3 Å². The van der Waals surface area contributed by atoms with E-state index >= 15 is 0 Å². The lowest BCUT2D eigenvalue weighted by Gasteiger charge is -2.38. The molecule has 0 bridgehead atoms. The maximum Gasteiger partial charge on any atom is 0.253 e. The number of piperazine rings is 1. The normalized spacial score (nSPS) is 21.4. The third kappa shape index (κ3) is 4.81. The largest absolute Gasteiger partial charge is 0.377 e. The Morgan fingerprint density at radius 2 is 1.65 bits per heavy atom. The minimum atomic E-state index is -0.0147. The molecule has 162 valence electrons. The molecular formula is C25H29N3O3. The highest BCUT2D eigenvalue weighted by molar-refractivity contribution is 5.96. The van der Waals surface area contributed by atoms with Gasteiger partial charge >= 0.3 is 0 Å². The van der Waals surface area contributed by atoms with Gasteiger partial charge in [-0.3, -0.25) is 14.5 Å². The average Bonchev–Trinajstić information content (AvgIpc) is 3.60. The number of nitrogens with zero attached hydrogens (tertiary/aromatic N) is 2. The smallest absolute Gasteiger partial charge is 0.253 e. The van der Waals surface area contributed by atoms with Crippen LogP contribution in [0.15, 0.2) is 48.5 Å². The molecule has 1 N–H and O–H groups in total. The number of amides is 2. The molecule has 2 aromatic carbocycles. The first-order valence-corrected chi connectivity index (χ1v) is 11.3. The van der Waals surface area contributed by atoms with Gasteiger partial charge in [0, 0.05) is 56.5 Å². The van der Waals surface area contributed by atoms with E-state index in [0.29, 0.717) is 23.3 Å². The maximum atomic E-state index is 12.9. The second kappa shape index (κ2) is 8.81. The van der Waals surface area contributed by atoms with Crippen LogP contribution in [-0.2, 0) is 4.74 Å². The van der Waals surface area contributed by atoms with Gasteiger partial charge in [-0.15, -0.1) is 0 Å². The Morgan fingerprint density at radius 3 is 2.29 bits per heavy atom. The number of hydrogen-bond donors (Lipinski definition) is 1. The fourth-order valence-corrected chi connectivity index (χ4v) is 4.17. The van der Waals surface area contributed by atoms with E-state index < -0.39 is 0 Å². The van der Waals surface area contributed by atoms with Crippen LogP contribution >= 0.6 is 0 Å². The number of carbonyl (C=O) groups is 2. The molecule has 31 heavy (non-hydrogen) atoms. The molecule has 3 fully saturated rings. The summed E-state index contributed by atoms with van der Waals surface area (Å²) >= 11 is 0. The predicted octanol–water partition coefficient (Wildman–Crippen LogP) is 2.79. The number of benzene rings is 2. The third-order valence-electron chi connectivity index (χ3n) is 6.42. The molecule has 2 aliphatic heterocycles. The number of rotatable bonds is 6. The van der Waals surface area contributed by atoms with Crippen molar-refractivity contribution in [2.45, 2.75) is 31.4 Å². The van der Waals surface area contributed by atoms with Crippen LogP contribution in [0, 0.1) is 0 Å². The van der Waals surface area contributed by atoms with E-state index in [1.807, 2.05) is 53.4 Å². The minimum absolute atomic E-state index is 0.0147. The fraction of sp³-hybridized carbons (Fsp3) is 0.440. The van der Waals surface area contributed by atoms with Crippen LogP contribution in [0.3, 0.4) is 0 Å². The van der Waals surface area contributed by atoms with Crippen molar-refractivity contribution >= 4 is 11.8 Å². The summed E-state index contributed by atoms with van der Waals surface area (Å²) in [5, 5.41) is 3.03. The van der Waals surface area contributed by atoms with Crippen LogP contribution in [0.5, 0.6) is 0 Å². The SMILES string of the molecule is O=C(NC1CC1)c1cccc(-c2ccc(C(=O)N3CCN(CC4CCO4)CC3)cc2)c1. The molecule has 1 aliphatic carbocycles. The van der Waals surface area contributed by atoms with Crippen LogP contribution in [0.2, 0.25) is 0 Å². The molecule has 5 rings (SSSR count). The first-order valence-electron chi connectivity index (χ1n) is 11.3. The topological polar surface area (TPSA) is 61.9 Å². The molecule has 1 unspecified atom stereocenters. The van der Waals surface area contributed by atoms with Crippen molar-refractivity contribution in [1.29, 1.82) is 0 Å². The highest BCUT2D eigenvalue weighted by Gasteiger charge is 2.26. The van der Waals surface area contributed by atoms with E-state index in [-0.39, 0.29) is 11.8 Å². The molecule has 1 saturated carbocycles. The predicted molar refractivity (Wildman–Crippen MR) is 119 cm³/mol. The van der Waals surface area contributed by atoms with Crippen LogP contribution in [0.4, 0.5) is 0 Å². The molecule has 3 aliphatic rings. The molecule has 2 saturated heterocycles. The summed E-state index contributed by atoms with van der Waals surface area (Å²) in [6, 6.07) is 15.7. The van der Waals surface area contributed by atoms with Crippen LogP contribution in [0.25, 0.3) is 11.1 Å². The van der Waals surface area contributed by atoms with Crippen molar-refractivity contribution in [3.8, 4) is 11.1 Å². The first-order chi connectivity index (χ1) is 15.2. The van der Waals surface area contributed by atoms with Gasteiger partial charge < -0.3 is 15.0 Å². The highest BCUT2D eigenvalue weighted by atomic mass is 16.5. The minimum Gasteiger partial charge on any atom is -0.377 e. The second-order valence-electron chi connectivity index (χ2n) is 8.78. The van der Waals surface area contributed by atoms with Gasteiger partial charge in [-0.25, -0.2) is 0 Å². The zero-order valence-corrected chi connectivity index (χ0v) is 17.8. The Balaban J connectivity index is 1.20. The second-order valence-corrected chi connectivity index (χ2v) is 8.78. The molecule has 0 radical (unpaired) electrons. The van der Waals surface area contributed by atoms with Gasteiger partial charge in [0.05, 0.1) is 6.10 Å². The summed E-state index contributed by atoms with van der Waals surface area (Å²) in [4.78, 5) is 29.6. The zero-order chi connectivity index (χ0) is 21.2. The Hall–Kier alpha value is -2.70. The summed E-state index contributed by atoms with van der Waals surface area (Å²) in [5.74, 6) is 0.0721. The molecular weight excluding hydrogens is 390 g/mol. The lowest BCUT2D eigenvalue weighted by molar-refractivity contribution is -0.0703. The quantitative estimate of drug-likeness (QED) is 0.782. The van der Waals surface area contributed by atoms with Crippen LogP contribution in [0.1, 0.15) is 40.0 Å². The van der Waals surface area contributed by atoms with Crippen LogP contribution < -0.4 is 5.32 Å². The average molecular weight is 420 g/mol. The summed E-state index contributed by atoms with van der Waals surface area (Å²) in [7, 11) is 0. The van der Waals surface area contributed by atoms with Crippen LogP contribution in [-0.4, -0.2) is 73.1 Å². The van der Waals surface area contributed by atoms with Gasteiger partial charge in [0.15, 0.2) is 0 Å². The van der Waals surface area contributed by atoms with E-state index in [2.05, 4.69) is 10.2 Å². The van der Waals surface area contributed by atoms with Crippen molar-refractivity contribution in [3.63, 3.8) is 0 Å². The molecule has 6 nitrogen and oxygen atoms in total. The highest BCUT2D eigenvalue weighted by Crippen LogP contribution is 2.23. The maximum absolute atomic E-state index is 12.9. The monoisotopic (exact) mass is 419 g/mol. The molecule has 6 heteroatoms. The van der Waals surface area contributed by atoms with Gasteiger partial charge in [-0.2, -0.15) is 0 Å². The van der Waals surface area contributed by atoms with Crippen molar-refractivity contribution in [2.75, 3.05) is 39.3 Å². The van der Waals surface area contributed by atoms with Crippen molar-refractivity contribution in [3.05, 3.63) is 59.7 Å². The molecule has 0 spiro atoms. The number of hydrogen-bond acceptors (Lipinski definition) is 4. The Labute approximate surface area is 183 Å². The van der Waals surface area contributed by atoms with Gasteiger partial charge in [-0.05, 0) is 54.7 Å². The number of nitrogens with one attached hydrogen (secondary N) is 1. The summed E-state index contributed by atoms with van der Waals surface area (Å²) in [6.45, 7) is 5.18. The Morgan fingerprint density at radius 1 is 0.903 bits per heavy atom. The van der Waals surface area contributed by atoms with Gasteiger partial charge in [0.25, 0.3) is 11.8 Å². The fourth-order valence-electron chi connectivity index (χ4n) is 4.17. The van der Waals surface area contributed by atoms with E-state index in [1.54, 1.807) is 0 Å². The molecule has 2 aromatic rings. The lowest BCUT2D eigenvalue weighted by atomic mass is 10.0. The molecule has 1 atom stereocenters. The van der Waals surface area contributed by atoms with Crippen molar-refractivity contribution in [1.82, 2.24) is 15.1 Å². The Bertz CT molecular complexity index is 943. The van der Waals surface area contributed by atoms with Gasteiger partial charge in [0.2, 0.25) is 0 Å². The Kier molecular flexibility index (Phi) is 5.74. The molecule has 2 amide bonds. The van der Waals surface area contributed by atoms with E-state index in [4.69, 9.17) is 4.74 Å². The number of ether oxygens (including phenoxy) is 1. The molecule has 0 aromatic heterocycles. The summed E-state index contributed by atoms with van der Waals surface area (Å²) in [6.07, 6.45) is 3.68. The third-order valence-corrected chi connectivity index (χ3v) is 6.42. The van der Waals surface area contributed by atoms with Crippen molar-refractivity contribution < 1.29 is 14.3 Å². The van der Waals surface area contributed by atoms with E-state index in [9.17, 15) is 9.59 Å². The number of carbonyl (C=O) groups excluding carboxylic acids is 2. The van der Waals surface area contributed by atoms with Gasteiger partial charge in [0.1, 0.15) is 0 Å². The summed E-state index contributed by atoms with van der Waals surface area (Å²) in [5.41, 5.74) is 3.37. The zero-order valence-electron chi connectivity index (χ0n) is 17.8. The van der Waals surface area contributed by atoms with Crippen molar-refractivity contribution in [2.24, 2.45) is 0 Å². The van der Waals surface area contributed by atoms with E-state index in [0.717, 1.165) is 69.7 Å². The standard InChI is InChI=1S/C25H29N3O3/c29-24(26-22-8-9-22)21-3-1-2-20(16-21)18-4-6-19(7-5-18)25(30)28-13-11-27(12-14-28)17-23-10-15-31-23/h1-7,16,22-23H,8-15,17H2,(H,26,29). The molecule has 2 heterocycles. The van der Waals surface area contributed by atoms with E-state index in [1.165, 1.54) is 0 Å².